The highest BCUT2D eigenvalue weighted by Crippen LogP contribution is 2.21. The molecular weight excluding hydrogens is 279 g/mol. The van der Waals surface area contributed by atoms with E-state index in [1.54, 1.807) is 18.3 Å². The Labute approximate surface area is 122 Å². The van der Waals surface area contributed by atoms with Crippen LogP contribution in [0.15, 0.2) is 36.5 Å². The molecule has 1 aromatic heterocycles. The third-order valence-corrected chi connectivity index (χ3v) is 3.20. The third-order valence-electron chi connectivity index (χ3n) is 2.78. The molecule has 0 unspecified atom stereocenters. The number of hydrogen-bond donors (Lipinski definition) is 1. The molecule has 20 heavy (non-hydrogen) atoms. The molecule has 0 radical (unpaired) electrons. The second-order valence-electron chi connectivity index (χ2n) is 4.27. The van der Waals surface area contributed by atoms with Crippen molar-refractivity contribution in [1.82, 2.24) is 10.3 Å². The summed E-state index contributed by atoms with van der Waals surface area (Å²) in [5.74, 6) is 0.192. The summed E-state index contributed by atoms with van der Waals surface area (Å²) in [6.07, 6.45) is 1.65. The Morgan fingerprint density at radius 3 is 2.85 bits per heavy atom. The number of benzene rings is 1. The van der Waals surface area contributed by atoms with Crippen LogP contribution in [0.5, 0.6) is 5.75 Å². The van der Waals surface area contributed by atoms with E-state index in [1.165, 1.54) is 6.07 Å². The summed E-state index contributed by atoms with van der Waals surface area (Å²) in [6, 6.07) is 8.40. The van der Waals surface area contributed by atoms with Gasteiger partial charge in [0.05, 0.1) is 16.9 Å². The molecule has 0 atom stereocenters. The highest BCUT2D eigenvalue weighted by molar-refractivity contribution is 6.31. The highest BCUT2D eigenvalue weighted by Gasteiger charge is 2.06. The summed E-state index contributed by atoms with van der Waals surface area (Å²) in [7, 11) is 0. The fourth-order valence-electron chi connectivity index (χ4n) is 1.67. The van der Waals surface area contributed by atoms with E-state index in [1.807, 2.05) is 19.1 Å². The Balaban J connectivity index is 1.95. The lowest BCUT2D eigenvalue weighted by atomic mass is 10.2. The number of ether oxygens (including phenoxy) is 1. The quantitative estimate of drug-likeness (QED) is 0.884. The molecule has 2 aromatic rings. The summed E-state index contributed by atoms with van der Waals surface area (Å²) < 4.78 is 18.8. The van der Waals surface area contributed by atoms with Crippen LogP contribution < -0.4 is 10.1 Å². The van der Waals surface area contributed by atoms with E-state index >= 15 is 0 Å². The van der Waals surface area contributed by atoms with Crippen molar-refractivity contribution in [3.63, 3.8) is 0 Å². The van der Waals surface area contributed by atoms with Gasteiger partial charge in [-0.3, -0.25) is 4.98 Å². The van der Waals surface area contributed by atoms with Crippen molar-refractivity contribution >= 4 is 11.6 Å². The predicted octanol–water partition coefficient (Wildman–Crippen LogP) is 3.56. The van der Waals surface area contributed by atoms with Crippen molar-refractivity contribution in [3.8, 4) is 5.75 Å². The minimum absolute atomic E-state index is 0.101. The molecule has 2 rings (SSSR count). The maximum Gasteiger partial charge on any atom is 0.142 e. The fraction of sp³-hybridized carbons (Fsp3) is 0.267. The van der Waals surface area contributed by atoms with Gasteiger partial charge in [0.2, 0.25) is 0 Å². The van der Waals surface area contributed by atoms with Crippen molar-refractivity contribution in [2.75, 3.05) is 6.54 Å². The van der Waals surface area contributed by atoms with Crippen molar-refractivity contribution in [2.24, 2.45) is 0 Å². The molecule has 0 aliphatic heterocycles. The van der Waals surface area contributed by atoms with Crippen LogP contribution in [0.3, 0.4) is 0 Å². The van der Waals surface area contributed by atoms with Crippen LogP contribution in [-0.4, -0.2) is 11.5 Å². The van der Waals surface area contributed by atoms with Gasteiger partial charge in [0.1, 0.15) is 18.2 Å². The number of aromatic nitrogens is 1. The normalized spacial score (nSPS) is 10.6. The molecule has 0 amide bonds. The number of pyridine rings is 1. The molecule has 0 saturated heterocycles. The van der Waals surface area contributed by atoms with Crippen molar-refractivity contribution in [3.05, 3.63) is 58.6 Å². The standard InChI is InChI=1S/C15H16ClFN2O/c1-2-18-8-12-6-7-13(9-19-12)20-10-11-4-3-5-14(17)15(11)16/h3-7,9,18H,2,8,10H2,1H3. The molecule has 1 aromatic carbocycles. The average Bonchev–Trinajstić information content (AvgIpc) is 2.48. The van der Waals surface area contributed by atoms with Crippen LogP contribution >= 0.6 is 11.6 Å². The SMILES string of the molecule is CCNCc1ccc(OCc2cccc(F)c2Cl)cn1. The van der Waals surface area contributed by atoms with Gasteiger partial charge in [0.25, 0.3) is 0 Å². The molecule has 0 bridgehead atoms. The average molecular weight is 295 g/mol. The van der Waals surface area contributed by atoms with Gasteiger partial charge in [0, 0.05) is 12.1 Å². The van der Waals surface area contributed by atoms with E-state index in [-0.39, 0.29) is 11.6 Å². The monoisotopic (exact) mass is 294 g/mol. The van der Waals surface area contributed by atoms with Crippen LogP contribution in [0.1, 0.15) is 18.2 Å². The summed E-state index contributed by atoms with van der Waals surface area (Å²) in [5, 5.41) is 3.29. The smallest absolute Gasteiger partial charge is 0.142 e. The molecule has 0 aliphatic carbocycles. The molecule has 106 valence electrons. The van der Waals surface area contributed by atoms with Crippen LogP contribution in [-0.2, 0) is 13.2 Å². The van der Waals surface area contributed by atoms with Gasteiger partial charge in [-0.15, -0.1) is 0 Å². The molecule has 0 saturated carbocycles. The van der Waals surface area contributed by atoms with Gasteiger partial charge in [-0.1, -0.05) is 30.7 Å². The lowest BCUT2D eigenvalue weighted by Gasteiger charge is -2.08. The van der Waals surface area contributed by atoms with Gasteiger partial charge in [0.15, 0.2) is 0 Å². The minimum Gasteiger partial charge on any atom is -0.487 e. The molecule has 3 nitrogen and oxygen atoms in total. The van der Waals surface area contributed by atoms with Crippen LogP contribution in [0, 0.1) is 5.82 Å². The maximum absolute atomic E-state index is 13.3. The molecule has 1 N–H and O–H groups in total. The first-order valence-electron chi connectivity index (χ1n) is 6.42. The van der Waals surface area contributed by atoms with Gasteiger partial charge in [-0.05, 0) is 24.7 Å². The van der Waals surface area contributed by atoms with Gasteiger partial charge >= 0.3 is 0 Å². The van der Waals surface area contributed by atoms with E-state index in [0.29, 0.717) is 11.3 Å². The summed E-state index contributed by atoms with van der Waals surface area (Å²) in [6.45, 7) is 3.88. The number of halogens is 2. The Hall–Kier alpha value is -1.65. The molecule has 0 fully saturated rings. The van der Waals surface area contributed by atoms with E-state index in [4.69, 9.17) is 16.3 Å². The summed E-state index contributed by atoms with van der Waals surface area (Å²) >= 11 is 5.86. The maximum atomic E-state index is 13.3. The molecule has 0 spiro atoms. The number of nitrogens with one attached hydrogen (secondary N) is 1. The molecular formula is C15H16ClFN2O. The number of nitrogens with zero attached hydrogens (tertiary/aromatic N) is 1. The summed E-state index contributed by atoms with van der Waals surface area (Å²) in [5.41, 5.74) is 1.56. The highest BCUT2D eigenvalue weighted by atomic mass is 35.5. The summed E-state index contributed by atoms with van der Waals surface area (Å²) in [4.78, 5) is 4.27. The predicted molar refractivity (Wildman–Crippen MR) is 77.4 cm³/mol. The van der Waals surface area contributed by atoms with E-state index in [9.17, 15) is 4.39 Å². The Morgan fingerprint density at radius 1 is 1.30 bits per heavy atom. The third kappa shape index (κ3) is 3.92. The van der Waals surface area contributed by atoms with Gasteiger partial charge in [-0.2, -0.15) is 0 Å². The van der Waals surface area contributed by atoms with E-state index in [0.717, 1.165) is 18.8 Å². The second kappa shape index (κ2) is 7.22. The largest absolute Gasteiger partial charge is 0.487 e. The lowest BCUT2D eigenvalue weighted by molar-refractivity contribution is 0.304. The van der Waals surface area contributed by atoms with E-state index in [2.05, 4.69) is 10.3 Å². The van der Waals surface area contributed by atoms with Crippen LogP contribution in [0.25, 0.3) is 0 Å². The molecule has 5 heteroatoms. The van der Waals surface area contributed by atoms with Gasteiger partial charge in [-0.25, -0.2) is 4.39 Å². The second-order valence-corrected chi connectivity index (χ2v) is 4.65. The Kier molecular flexibility index (Phi) is 5.32. The zero-order chi connectivity index (χ0) is 14.4. The first-order valence-corrected chi connectivity index (χ1v) is 6.80. The Morgan fingerprint density at radius 2 is 2.15 bits per heavy atom. The molecule has 0 aliphatic rings. The van der Waals surface area contributed by atoms with Gasteiger partial charge < -0.3 is 10.1 Å². The topological polar surface area (TPSA) is 34.1 Å². The Bertz CT molecular complexity index is 560. The lowest BCUT2D eigenvalue weighted by Crippen LogP contribution is -2.12. The first kappa shape index (κ1) is 14.8. The number of hydrogen-bond acceptors (Lipinski definition) is 3. The van der Waals surface area contributed by atoms with E-state index < -0.39 is 5.82 Å². The first-order chi connectivity index (χ1) is 9.70. The number of rotatable bonds is 6. The molecule has 1 heterocycles. The zero-order valence-corrected chi connectivity index (χ0v) is 12.0. The van der Waals surface area contributed by atoms with Crippen molar-refractivity contribution in [1.29, 1.82) is 0 Å². The minimum atomic E-state index is -0.438. The fourth-order valence-corrected chi connectivity index (χ4v) is 1.86. The van der Waals surface area contributed by atoms with Crippen molar-refractivity contribution < 1.29 is 9.13 Å². The van der Waals surface area contributed by atoms with Crippen molar-refractivity contribution in [2.45, 2.75) is 20.1 Å². The zero-order valence-electron chi connectivity index (χ0n) is 11.2. The van der Waals surface area contributed by atoms with Crippen LogP contribution in [0.2, 0.25) is 5.02 Å². The van der Waals surface area contributed by atoms with Crippen LogP contribution in [0.4, 0.5) is 4.39 Å².